The lowest BCUT2D eigenvalue weighted by Crippen LogP contribution is -2.23. The number of hydrogen-bond donors (Lipinski definition) is 1. The van der Waals surface area contributed by atoms with Crippen LogP contribution >= 0.6 is 11.8 Å². The number of carbonyl (C=O) groups excluding carboxylic acids is 1. The van der Waals surface area contributed by atoms with Gasteiger partial charge in [-0.2, -0.15) is 0 Å². The molecule has 27 heavy (non-hydrogen) atoms. The highest BCUT2D eigenvalue weighted by molar-refractivity contribution is 7.98. The third-order valence-corrected chi connectivity index (χ3v) is 5.47. The molecule has 0 spiro atoms. The van der Waals surface area contributed by atoms with E-state index >= 15 is 0 Å². The molecule has 3 rings (SSSR count). The van der Waals surface area contributed by atoms with Crippen LogP contribution in [0.5, 0.6) is 0 Å². The Morgan fingerprint density at radius 2 is 1.78 bits per heavy atom. The zero-order chi connectivity index (χ0) is 19.2. The van der Waals surface area contributed by atoms with E-state index in [1.54, 1.807) is 11.8 Å². The van der Waals surface area contributed by atoms with Crippen molar-refractivity contribution in [3.8, 4) is 0 Å². The van der Waals surface area contributed by atoms with Crippen LogP contribution in [0.3, 0.4) is 0 Å². The first-order chi connectivity index (χ1) is 13.1. The van der Waals surface area contributed by atoms with Gasteiger partial charge in [-0.1, -0.05) is 54.6 Å². The Hall–Kier alpha value is -2.66. The van der Waals surface area contributed by atoms with E-state index in [9.17, 15) is 4.79 Å². The van der Waals surface area contributed by atoms with Gasteiger partial charge in [0.05, 0.1) is 18.7 Å². The number of methoxy groups -OCH3 is 1. The quantitative estimate of drug-likeness (QED) is 0.541. The SMILES string of the molecule is COC(=O)OC1=C(C)NC(C)=CC1c1ccccc1SCc1ccccc1. The molecule has 2 aromatic carbocycles. The van der Waals surface area contributed by atoms with Crippen LogP contribution in [0, 0.1) is 0 Å². The van der Waals surface area contributed by atoms with Crippen molar-refractivity contribution >= 4 is 17.9 Å². The van der Waals surface area contributed by atoms with E-state index < -0.39 is 6.16 Å². The lowest BCUT2D eigenvalue weighted by Gasteiger charge is -2.27. The number of hydrogen-bond acceptors (Lipinski definition) is 5. The molecule has 0 aromatic heterocycles. The van der Waals surface area contributed by atoms with Crippen LogP contribution in [0.2, 0.25) is 0 Å². The molecule has 1 unspecified atom stereocenters. The second-order valence-corrected chi connectivity index (χ2v) is 7.33. The van der Waals surface area contributed by atoms with Crippen molar-refractivity contribution in [1.82, 2.24) is 5.32 Å². The molecule has 2 aromatic rings. The van der Waals surface area contributed by atoms with Gasteiger partial charge in [0, 0.05) is 16.3 Å². The van der Waals surface area contributed by atoms with Gasteiger partial charge in [-0.05, 0) is 31.0 Å². The van der Waals surface area contributed by atoms with Crippen LogP contribution in [-0.4, -0.2) is 13.3 Å². The van der Waals surface area contributed by atoms with E-state index in [0.717, 1.165) is 27.6 Å². The highest BCUT2D eigenvalue weighted by Gasteiger charge is 2.27. The highest BCUT2D eigenvalue weighted by Crippen LogP contribution is 2.38. The summed E-state index contributed by atoms with van der Waals surface area (Å²) in [4.78, 5) is 12.9. The average Bonchev–Trinajstić information content (AvgIpc) is 2.69. The molecule has 0 saturated carbocycles. The minimum absolute atomic E-state index is 0.148. The average molecular weight is 381 g/mol. The number of nitrogens with one attached hydrogen (secondary N) is 1. The first-order valence-corrected chi connectivity index (χ1v) is 9.74. The number of ether oxygens (including phenoxy) is 2. The summed E-state index contributed by atoms with van der Waals surface area (Å²) in [6, 6.07) is 18.6. The molecule has 1 N–H and O–H groups in total. The predicted molar refractivity (Wildman–Crippen MR) is 108 cm³/mol. The molecular weight excluding hydrogens is 358 g/mol. The minimum Gasteiger partial charge on any atom is -0.437 e. The molecule has 0 bridgehead atoms. The summed E-state index contributed by atoms with van der Waals surface area (Å²) in [7, 11) is 1.31. The maximum absolute atomic E-state index is 11.7. The van der Waals surface area contributed by atoms with E-state index in [0.29, 0.717) is 5.76 Å². The first kappa shape index (κ1) is 19.1. The van der Waals surface area contributed by atoms with Gasteiger partial charge in [-0.15, -0.1) is 11.8 Å². The molecular formula is C22H23NO3S. The number of allylic oxidation sites excluding steroid dienone is 3. The van der Waals surface area contributed by atoms with Crippen molar-refractivity contribution in [3.05, 3.63) is 89.0 Å². The number of benzene rings is 2. The standard InChI is InChI=1S/C22H23NO3S/c1-15-13-19(21(16(2)23-15)26-22(24)25-3)18-11-7-8-12-20(18)27-14-17-9-5-4-6-10-17/h4-13,19,23H,14H2,1-3H3. The highest BCUT2D eigenvalue weighted by atomic mass is 32.2. The molecule has 5 heteroatoms. The molecule has 140 valence electrons. The van der Waals surface area contributed by atoms with Crippen molar-refractivity contribution in [2.75, 3.05) is 7.11 Å². The van der Waals surface area contributed by atoms with Gasteiger partial charge in [0.1, 0.15) is 5.76 Å². The maximum atomic E-state index is 11.7. The van der Waals surface area contributed by atoms with E-state index in [2.05, 4.69) is 47.8 Å². The van der Waals surface area contributed by atoms with Crippen LogP contribution in [0.1, 0.15) is 30.9 Å². The molecule has 0 radical (unpaired) electrons. The molecule has 1 heterocycles. The molecule has 0 saturated heterocycles. The Morgan fingerprint density at radius 3 is 2.52 bits per heavy atom. The molecule has 1 aliphatic heterocycles. The van der Waals surface area contributed by atoms with E-state index in [1.807, 2.05) is 32.0 Å². The second-order valence-electron chi connectivity index (χ2n) is 6.31. The maximum Gasteiger partial charge on any atom is 0.513 e. The summed E-state index contributed by atoms with van der Waals surface area (Å²) in [5.41, 5.74) is 4.22. The van der Waals surface area contributed by atoms with Crippen LogP contribution in [-0.2, 0) is 15.2 Å². The normalized spacial score (nSPS) is 16.4. The molecule has 0 fully saturated rings. The number of thioether (sulfide) groups is 1. The number of dihydropyridines is 1. The van der Waals surface area contributed by atoms with E-state index in [1.165, 1.54) is 12.7 Å². The molecule has 1 aliphatic rings. The summed E-state index contributed by atoms with van der Waals surface area (Å²) in [5, 5.41) is 3.24. The fourth-order valence-electron chi connectivity index (χ4n) is 3.06. The van der Waals surface area contributed by atoms with Crippen molar-refractivity contribution in [2.45, 2.75) is 30.4 Å². The topological polar surface area (TPSA) is 47.6 Å². The molecule has 0 aliphatic carbocycles. The largest absolute Gasteiger partial charge is 0.513 e. The zero-order valence-electron chi connectivity index (χ0n) is 15.7. The third-order valence-electron chi connectivity index (χ3n) is 4.30. The Balaban J connectivity index is 1.91. The van der Waals surface area contributed by atoms with Gasteiger partial charge in [0.2, 0.25) is 0 Å². The van der Waals surface area contributed by atoms with Gasteiger partial charge < -0.3 is 14.8 Å². The zero-order valence-corrected chi connectivity index (χ0v) is 16.5. The number of carbonyl (C=O) groups is 1. The van der Waals surface area contributed by atoms with E-state index in [4.69, 9.17) is 9.47 Å². The summed E-state index contributed by atoms with van der Waals surface area (Å²) in [6.45, 7) is 3.91. The van der Waals surface area contributed by atoms with Gasteiger partial charge >= 0.3 is 6.16 Å². The second kappa shape index (κ2) is 8.82. The Labute approximate surface area is 164 Å². The van der Waals surface area contributed by atoms with Crippen LogP contribution < -0.4 is 5.32 Å². The summed E-state index contributed by atoms with van der Waals surface area (Å²) in [5.74, 6) is 1.30. The molecule has 4 nitrogen and oxygen atoms in total. The third kappa shape index (κ3) is 4.74. The Morgan fingerprint density at radius 1 is 1.07 bits per heavy atom. The predicted octanol–water partition coefficient (Wildman–Crippen LogP) is 5.58. The van der Waals surface area contributed by atoms with Crippen LogP contribution in [0.15, 0.2) is 82.7 Å². The van der Waals surface area contributed by atoms with Crippen molar-refractivity contribution in [1.29, 1.82) is 0 Å². The van der Waals surface area contributed by atoms with Gasteiger partial charge in [-0.25, -0.2) is 4.79 Å². The minimum atomic E-state index is -0.710. The van der Waals surface area contributed by atoms with Crippen LogP contribution in [0.4, 0.5) is 4.79 Å². The molecule has 1 atom stereocenters. The smallest absolute Gasteiger partial charge is 0.437 e. The van der Waals surface area contributed by atoms with Crippen LogP contribution in [0.25, 0.3) is 0 Å². The fourth-order valence-corrected chi connectivity index (χ4v) is 4.12. The summed E-state index contributed by atoms with van der Waals surface area (Å²) < 4.78 is 10.2. The number of rotatable bonds is 5. The van der Waals surface area contributed by atoms with Gasteiger partial charge in [0.15, 0.2) is 0 Å². The van der Waals surface area contributed by atoms with Gasteiger partial charge in [0.25, 0.3) is 0 Å². The lowest BCUT2D eigenvalue weighted by molar-refractivity contribution is 0.0924. The van der Waals surface area contributed by atoms with Gasteiger partial charge in [-0.3, -0.25) is 0 Å². The first-order valence-electron chi connectivity index (χ1n) is 8.76. The van der Waals surface area contributed by atoms with Crippen molar-refractivity contribution in [2.24, 2.45) is 0 Å². The Bertz CT molecular complexity index is 874. The fraction of sp³-hybridized carbons (Fsp3) is 0.227. The van der Waals surface area contributed by atoms with Crippen molar-refractivity contribution in [3.63, 3.8) is 0 Å². The van der Waals surface area contributed by atoms with E-state index in [-0.39, 0.29) is 5.92 Å². The monoisotopic (exact) mass is 381 g/mol. The Kier molecular flexibility index (Phi) is 6.24. The summed E-state index contributed by atoms with van der Waals surface area (Å²) in [6.07, 6.45) is 1.37. The molecule has 0 amide bonds. The summed E-state index contributed by atoms with van der Waals surface area (Å²) >= 11 is 1.78. The lowest BCUT2D eigenvalue weighted by atomic mass is 9.92. The van der Waals surface area contributed by atoms with Crippen molar-refractivity contribution < 1.29 is 14.3 Å².